The number of hydrogen-bond acceptors (Lipinski definition) is 6. The highest BCUT2D eigenvalue weighted by Gasteiger charge is 2.16. The lowest BCUT2D eigenvalue weighted by Crippen LogP contribution is -2.03. The van der Waals surface area contributed by atoms with Crippen molar-refractivity contribution < 1.29 is 23.4 Å². The molecule has 0 spiro atoms. The molecule has 6 heteroatoms. The van der Waals surface area contributed by atoms with Gasteiger partial charge in [-0.15, -0.1) is 0 Å². The fourth-order valence-electron chi connectivity index (χ4n) is 2.56. The molecule has 132 valence electrons. The molecule has 6 nitrogen and oxygen atoms in total. The van der Waals surface area contributed by atoms with Crippen molar-refractivity contribution >= 4 is 0 Å². The molecular formula is C19H21NO5. The number of aliphatic hydroxyl groups is 1. The van der Waals surface area contributed by atoms with Gasteiger partial charge in [-0.25, -0.2) is 4.98 Å². The summed E-state index contributed by atoms with van der Waals surface area (Å²) in [7, 11) is 1.61. The van der Waals surface area contributed by atoms with Crippen LogP contribution >= 0.6 is 0 Å². The maximum Gasteiger partial charge on any atom is 0.263 e. The van der Waals surface area contributed by atoms with Crippen LogP contribution in [0.2, 0.25) is 0 Å². The second-order valence-electron chi connectivity index (χ2n) is 5.56. The first kappa shape index (κ1) is 17.1. The van der Waals surface area contributed by atoms with Crippen LogP contribution in [-0.4, -0.2) is 23.8 Å². The van der Waals surface area contributed by atoms with Gasteiger partial charge in [0.1, 0.15) is 18.1 Å². The standard InChI is InChI=1S/C19H21NO5/c1-13-15(20-19(25-13)17-9-5-11-23-17)12-24-18-14(7-4-10-21)6-3-8-16(18)22-2/h3,5-6,8-9,11,21H,4,7,10,12H2,1-2H3. The largest absolute Gasteiger partial charge is 0.493 e. The van der Waals surface area contributed by atoms with Gasteiger partial charge in [-0.1, -0.05) is 12.1 Å². The Hall–Kier alpha value is -2.73. The number of oxazole rings is 1. The SMILES string of the molecule is COc1cccc(CCCO)c1OCc1nc(-c2ccco2)oc1C. The van der Waals surface area contributed by atoms with Gasteiger partial charge in [0.15, 0.2) is 17.3 Å². The third-order valence-electron chi connectivity index (χ3n) is 3.86. The van der Waals surface area contributed by atoms with Crippen LogP contribution in [0.5, 0.6) is 11.5 Å². The average molecular weight is 343 g/mol. The molecule has 0 unspecified atom stereocenters. The number of para-hydroxylation sites is 1. The van der Waals surface area contributed by atoms with Crippen molar-refractivity contribution in [1.82, 2.24) is 4.98 Å². The number of nitrogens with zero attached hydrogens (tertiary/aromatic N) is 1. The molecule has 0 saturated heterocycles. The number of aliphatic hydroxyl groups excluding tert-OH is 1. The number of benzene rings is 1. The monoisotopic (exact) mass is 343 g/mol. The Morgan fingerprint density at radius 2 is 2.08 bits per heavy atom. The van der Waals surface area contributed by atoms with Crippen LogP contribution in [0, 0.1) is 6.92 Å². The lowest BCUT2D eigenvalue weighted by Gasteiger charge is -2.14. The summed E-state index contributed by atoms with van der Waals surface area (Å²) >= 11 is 0. The summed E-state index contributed by atoms with van der Waals surface area (Å²) in [6, 6.07) is 9.31. The molecule has 2 heterocycles. The van der Waals surface area contributed by atoms with E-state index in [1.807, 2.05) is 25.1 Å². The van der Waals surface area contributed by atoms with E-state index in [0.717, 1.165) is 5.56 Å². The van der Waals surface area contributed by atoms with Crippen molar-refractivity contribution in [1.29, 1.82) is 0 Å². The van der Waals surface area contributed by atoms with Crippen LogP contribution in [0.4, 0.5) is 0 Å². The lowest BCUT2D eigenvalue weighted by atomic mass is 10.1. The Bertz CT molecular complexity index is 807. The van der Waals surface area contributed by atoms with E-state index < -0.39 is 0 Å². The summed E-state index contributed by atoms with van der Waals surface area (Å²) in [6.45, 7) is 2.22. The van der Waals surface area contributed by atoms with E-state index in [0.29, 0.717) is 47.4 Å². The van der Waals surface area contributed by atoms with Crippen molar-refractivity contribution in [3.05, 3.63) is 53.6 Å². The zero-order valence-electron chi connectivity index (χ0n) is 14.3. The molecule has 0 amide bonds. The quantitative estimate of drug-likeness (QED) is 0.671. The zero-order valence-corrected chi connectivity index (χ0v) is 14.3. The van der Waals surface area contributed by atoms with Gasteiger partial charge in [-0.3, -0.25) is 0 Å². The van der Waals surface area contributed by atoms with Crippen molar-refractivity contribution in [2.24, 2.45) is 0 Å². The van der Waals surface area contributed by atoms with Crippen molar-refractivity contribution in [3.63, 3.8) is 0 Å². The second kappa shape index (κ2) is 7.90. The van der Waals surface area contributed by atoms with E-state index in [2.05, 4.69) is 4.98 Å². The minimum Gasteiger partial charge on any atom is -0.493 e. The molecule has 0 aliphatic heterocycles. The molecular weight excluding hydrogens is 322 g/mol. The zero-order chi connectivity index (χ0) is 17.6. The van der Waals surface area contributed by atoms with E-state index in [-0.39, 0.29) is 13.2 Å². The lowest BCUT2D eigenvalue weighted by molar-refractivity contribution is 0.270. The van der Waals surface area contributed by atoms with Gasteiger partial charge in [0.2, 0.25) is 0 Å². The van der Waals surface area contributed by atoms with E-state index in [1.165, 1.54) is 0 Å². The topological polar surface area (TPSA) is 77.9 Å². The first-order chi connectivity index (χ1) is 12.2. The van der Waals surface area contributed by atoms with Crippen molar-refractivity contribution in [2.75, 3.05) is 13.7 Å². The third-order valence-corrected chi connectivity index (χ3v) is 3.86. The molecule has 2 aromatic heterocycles. The van der Waals surface area contributed by atoms with Gasteiger partial charge >= 0.3 is 0 Å². The fourth-order valence-corrected chi connectivity index (χ4v) is 2.56. The molecule has 0 saturated carbocycles. The molecule has 3 aromatic rings. The Morgan fingerprint density at radius 3 is 2.80 bits per heavy atom. The number of ether oxygens (including phenoxy) is 2. The molecule has 0 aliphatic rings. The summed E-state index contributed by atoms with van der Waals surface area (Å²) < 4.78 is 22.4. The van der Waals surface area contributed by atoms with E-state index in [9.17, 15) is 0 Å². The Balaban J connectivity index is 1.79. The second-order valence-corrected chi connectivity index (χ2v) is 5.56. The van der Waals surface area contributed by atoms with Gasteiger partial charge in [0.05, 0.1) is 13.4 Å². The highest BCUT2D eigenvalue weighted by Crippen LogP contribution is 2.33. The number of rotatable bonds is 8. The molecule has 1 aromatic carbocycles. The van der Waals surface area contributed by atoms with Gasteiger partial charge in [-0.2, -0.15) is 0 Å². The summed E-state index contributed by atoms with van der Waals surface area (Å²) in [5, 5.41) is 9.08. The van der Waals surface area contributed by atoms with E-state index >= 15 is 0 Å². The van der Waals surface area contributed by atoms with E-state index in [1.54, 1.807) is 25.5 Å². The normalized spacial score (nSPS) is 10.8. The smallest absolute Gasteiger partial charge is 0.263 e. The first-order valence-corrected chi connectivity index (χ1v) is 8.12. The van der Waals surface area contributed by atoms with Crippen LogP contribution in [0.1, 0.15) is 23.4 Å². The predicted octanol–water partition coefficient (Wildman–Crippen LogP) is 3.76. The molecule has 25 heavy (non-hydrogen) atoms. The molecule has 1 N–H and O–H groups in total. The highest BCUT2D eigenvalue weighted by atomic mass is 16.5. The van der Waals surface area contributed by atoms with E-state index in [4.69, 9.17) is 23.4 Å². The van der Waals surface area contributed by atoms with Crippen LogP contribution in [-0.2, 0) is 13.0 Å². The molecule has 0 bridgehead atoms. The van der Waals surface area contributed by atoms with Crippen molar-refractivity contribution in [2.45, 2.75) is 26.4 Å². The first-order valence-electron chi connectivity index (χ1n) is 8.12. The number of furan rings is 1. The van der Waals surface area contributed by atoms with Gasteiger partial charge in [0.25, 0.3) is 5.89 Å². The maximum absolute atomic E-state index is 9.08. The highest BCUT2D eigenvalue weighted by molar-refractivity contribution is 5.47. The van der Waals surface area contributed by atoms with Gasteiger partial charge in [-0.05, 0) is 43.5 Å². The van der Waals surface area contributed by atoms with Crippen LogP contribution in [0.3, 0.4) is 0 Å². The van der Waals surface area contributed by atoms with Crippen LogP contribution in [0.25, 0.3) is 11.7 Å². The molecule has 0 fully saturated rings. The Labute approximate surface area is 146 Å². The van der Waals surface area contributed by atoms with Crippen LogP contribution < -0.4 is 9.47 Å². The molecule has 0 aliphatic carbocycles. The molecule has 0 radical (unpaired) electrons. The Kier molecular flexibility index (Phi) is 5.40. The molecule has 0 atom stereocenters. The predicted molar refractivity (Wildman–Crippen MR) is 91.7 cm³/mol. The fraction of sp³-hybridized carbons (Fsp3) is 0.316. The summed E-state index contributed by atoms with van der Waals surface area (Å²) in [5.74, 6) is 3.01. The maximum atomic E-state index is 9.08. The summed E-state index contributed by atoms with van der Waals surface area (Å²) in [5.41, 5.74) is 1.69. The number of aryl methyl sites for hydroxylation is 2. The van der Waals surface area contributed by atoms with Gasteiger partial charge < -0.3 is 23.4 Å². The number of hydrogen-bond donors (Lipinski definition) is 1. The van der Waals surface area contributed by atoms with Crippen molar-refractivity contribution in [3.8, 4) is 23.1 Å². The van der Waals surface area contributed by atoms with Crippen LogP contribution in [0.15, 0.2) is 45.4 Å². The number of aromatic nitrogens is 1. The van der Waals surface area contributed by atoms with Gasteiger partial charge in [0, 0.05) is 6.61 Å². The third kappa shape index (κ3) is 3.85. The Morgan fingerprint density at radius 1 is 1.20 bits per heavy atom. The summed E-state index contributed by atoms with van der Waals surface area (Å²) in [4.78, 5) is 4.45. The minimum absolute atomic E-state index is 0.131. The minimum atomic E-state index is 0.131. The summed E-state index contributed by atoms with van der Waals surface area (Å²) in [6.07, 6.45) is 2.95. The number of methoxy groups -OCH3 is 1. The molecule has 3 rings (SSSR count). The average Bonchev–Trinajstić information content (AvgIpc) is 3.28.